The van der Waals surface area contributed by atoms with Gasteiger partial charge in [-0.2, -0.15) is 0 Å². The van der Waals surface area contributed by atoms with Crippen molar-refractivity contribution in [3.05, 3.63) is 56.5 Å². The van der Waals surface area contributed by atoms with Crippen molar-refractivity contribution in [2.75, 3.05) is 26.3 Å². The Morgan fingerprint density at radius 1 is 0.632 bits per heavy atom. The average Bonchev–Trinajstić information content (AvgIpc) is 2.91. The third-order valence-corrected chi connectivity index (χ3v) is 7.31. The maximum Gasteiger partial charge on any atom is 0.251 e. The van der Waals surface area contributed by atoms with Gasteiger partial charge in [-0.3, -0.25) is 9.59 Å². The van der Waals surface area contributed by atoms with Crippen LogP contribution in [-0.4, -0.2) is 38.1 Å². The monoisotopic (exact) mass is 652 g/mol. The third-order valence-electron chi connectivity index (χ3n) is 6.07. The lowest BCUT2D eigenvalue weighted by Crippen LogP contribution is -2.24. The van der Waals surface area contributed by atoms with E-state index in [2.05, 4.69) is 56.3 Å². The first-order valence-electron chi connectivity index (χ1n) is 13.9. The SMILES string of the molecule is CCCCOc1ccc(C(=O)NCCCCCCCCNC(=O)c2ccc(OCCCC)c(Br)c2)cc1Br. The summed E-state index contributed by atoms with van der Waals surface area (Å²) >= 11 is 6.99. The molecule has 0 heterocycles. The van der Waals surface area contributed by atoms with Gasteiger partial charge in [0.25, 0.3) is 11.8 Å². The molecule has 38 heavy (non-hydrogen) atoms. The summed E-state index contributed by atoms with van der Waals surface area (Å²) in [7, 11) is 0. The van der Waals surface area contributed by atoms with Crippen LogP contribution in [0.25, 0.3) is 0 Å². The minimum Gasteiger partial charge on any atom is -0.492 e. The molecule has 0 unspecified atom stereocenters. The molecule has 0 aliphatic rings. The van der Waals surface area contributed by atoms with E-state index in [1.807, 2.05) is 24.3 Å². The molecule has 0 bridgehead atoms. The molecular formula is C30H42Br2N2O4. The summed E-state index contributed by atoms with van der Waals surface area (Å²) < 4.78 is 13.0. The van der Waals surface area contributed by atoms with Gasteiger partial charge in [-0.05, 0) is 93.9 Å². The Hall–Kier alpha value is -2.06. The summed E-state index contributed by atoms with van der Waals surface area (Å²) in [4.78, 5) is 24.8. The van der Waals surface area contributed by atoms with Crippen molar-refractivity contribution in [3.8, 4) is 11.5 Å². The molecule has 2 N–H and O–H groups in total. The first-order chi connectivity index (χ1) is 18.5. The molecule has 2 amide bonds. The van der Waals surface area contributed by atoms with Crippen LogP contribution >= 0.6 is 31.9 Å². The topological polar surface area (TPSA) is 76.7 Å². The summed E-state index contributed by atoms with van der Waals surface area (Å²) in [6.45, 7) is 6.94. The van der Waals surface area contributed by atoms with Gasteiger partial charge in [-0.15, -0.1) is 0 Å². The van der Waals surface area contributed by atoms with Gasteiger partial charge in [0.15, 0.2) is 0 Å². The minimum atomic E-state index is -0.0627. The zero-order valence-corrected chi connectivity index (χ0v) is 25.9. The van der Waals surface area contributed by atoms with Gasteiger partial charge >= 0.3 is 0 Å². The first-order valence-corrected chi connectivity index (χ1v) is 15.5. The van der Waals surface area contributed by atoms with Gasteiger partial charge in [0, 0.05) is 24.2 Å². The lowest BCUT2D eigenvalue weighted by atomic mass is 10.1. The standard InChI is InChI=1S/C30H42Br2N2O4/c1-3-5-19-37-27-15-13-23(21-25(27)31)29(35)33-17-11-9-7-8-10-12-18-34-30(36)24-14-16-28(26(32)22-24)38-20-6-4-2/h13-16,21-22H,3-12,17-20H2,1-2H3,(H,33,35)(H,34,36). The highest BCUT2D eigenvalue weighted by atomic mass is 79.9. The number of halogens is 2. The molecule has 6 nitrogen and oxygen atoms in total. The van der Waals surface area contributed by atoms with Crippen molar-refractivity contribution < 1.29 is 19.1 Å². The molecule has 0 saturated heterocycles. The van der Waals surface area contributed by atoms with Gasteiger partial charge in [0.2, 0.25) is 0 Å². The van der Waals surface area contributed by atoms with Gasteiger partial charge in [0.05, 0.1) is 22.2 Å². The van der Waals surface area contributed by atoms with Crippen LogP contribution in [0, 0.1) is 0 Å². The molecule has 0 saturated carbocycles. The highest BCUT2D eigenvalue weighted by Gasteiger charge is 2.10. The fraction of sp³-hybridized carbons (Fsp3) is 0.533. The van der Waals surface area contributed by atoms with Crippen LogP contribution in [0.4, 0.5) is 0 Å². The summed E-state index contributed by atoms with van der Waals surface area (Å²) in [6, 6.07) is 10.9. The Labute approximate surface area is 244 Å². The maximum absolute atomic E-state index is 12.4. The smallest absolute Gasteiger partial charge is 0.251 e. The Balaban J connectivity index is 1.52. The van der Waals surface area contributed by atoms with Crippen molar-refractivity contribution in [3.63, 3.8) is 0 Å². The number of hydrogen-bond donors (Lipinski definition) is 2. The number of ether oxygens (including phenoxy) is 2. The Morgan fingerprint density at radius 3 is 1.39 bits per heavy atom. The van der Waals surface area contributed by atoms with Gasteiger partial charge < -0.3 is 20.1 Å². The molecule has 0 aliphatic carbocycles. The van der Waals surface area contributed by atoms with E-state index in [0.29, 0.717) is 37.4 Å². The van der Waals surface area contributed by atoms with E-state index in [1.165, 1.54) is 0 Å². The number of unbranched alkanes of at least 4 members (excludes halogenated alkanes) is 7. The van der Waals surface area contributed by atoms with Crippen LogP contribution in [-0.2, 0) is 0 Å². The number of carbonyl (C=O) groups excluding carboxylic acids is 2. The van der Waals surface area contributed by atoms with Crippen molar-refractivity contribution in [1.29, 1.82) is 0 Å². The Bertz CT molecular complexity index is 921. The largest absolute Gasteiger partial charge is 0.492 e. The molecule has 2 aromatic carbocycles. The zero-order chi connectivity index (χ0) is 27.6. The fourth-order valence-corrected chi connectivity index (χ4v) is 4.72. The number of carbonyl (C=O) groups is 2. The van der Waals surface area contributed by atoms with Crippen LogP contribution in [0.5, 0.6) is 11.5 Å². The van der Waals surface area contributed by atoms with E-state index in [0.717, 1.165) is 84.7 Å². The molecule has 0 fully saturated rings. The van der Waals surface area contributed by atoms with Crippen molar-refractivity contribution in [1.82, 2.24) is 10.6 Å². The van der Waals surface area contributed by atoms with Crippen molar-refractivity contribution >= 4 is 43.7 Å². The molecule has 0 atom stereocenters. The summed E-state index contributed by atoms with van der Waals surface area (Å²) in [6.07, 6.45) is 10.5. The predicted octanol–water partition coefficient (Wildman–Crippen LogP) is 8.07. The van der Waals surface area contributed by atoms with Gasteiger partial charge in [-0.1, -0.05) is 52.4 Å². The molecule has 0 aliphatic heterocycles. The van der Waals surface area contributed by atoms with Crippen molar-refractivity contribution in [2.45, 2.75) is 78.1 Å². The highest BCUT2D eigenvalue weighted by molar-refractivity contribution is 9.10. The number of nitrogens with one attached hydrogen (secondary N) is 2. The third kappa shape index (κ3) is 12.2. The fourth-order valence-electron chi connectivity index (χ4n) is 3.74. The van der Waals surface area contributed by atoms with Crippen LogP contribution in [0.15, 0.2) is 45.3 Å². The average molecular weight is 654 g/mol. The molecule has 0 spiro atoms. The number of benzene rings is 2. The lowest BCUT2D eigenvalue weighted by Gasteiger charge is -2.10. The van der Waals surface area contributed by atoms with Crippen LogP contribution in [0.2, 0.25) is 0 Å². The minimum absolute atomic E-state index is 0.0627. The maximum atomic E-state index is 12.4. The van der Waals surface area contributed by atoms with E-state index in [4.69, 9.17) is 9.47 Å². The molecule has 210 valence electrons. The zero-order valence-electron chi connectivity index (χ0n) is 22.8. The molecule has 0 aromatic heterocycles. The Morgan fingerprint density at radius 2 is 1.03 bits per heavy atom. The number of rotatable bonds is 19. The van der Waals surface area contributed by atoms with E-state index >= 15 is 0 Å². The van der Waals surface area contributed by atoms with Crippen molar-refractivity contribution in [2.24, 2.45) is 0 Å². The number of amides is 2. The molecule has 2 aromatic rings. The summed E-state index contributed by atoms with van der Waals surface area (Å²) in [5.74, 6) is 1.41. The van der Waals surface area contributed by atoms with Crippen LogP contribution in [0.1, 0.15) is 98.8 Å². The van der Waals surface area contributed by atoms with E-state index < -0.39 is 0 Å². The first kappa shape index (κ1) is 32.2. The van der Waals surface area contributed by atoms with Crippen LogP contribution < -0.4 is 20.1 Å². The van der Waals surface area contributed by atoms with Gasteiger partial charge in [-0.25, -0.2) is 0 Å². The Kier molecular flexibility index (Phi) is 16.1. The molecule has 0 radical (unpaired) electrons. The normalized spacial score (nSPS) is 10.7. The summed E-state index contributed by atoms with van der Waals surface area (Å²) in [5.41, 5.74) is 1.26. The molecule has 8 heteroatoms. The second kappa shape index (κ2) is 19.1. The van der Waals surface area contributed by atoms with E-state index in [1.54, 1.807) is 12.1 Å². The lowest BCUT2D eigenvalue weighted by molar-refractivity contribution is 0.0944. The number of hydrogen-bond acceptors (Lipinski definition) is 4. The molecular weight excluding hydrogens is 612 g/mol. The highest BCUT2D eigenvalue weighted by Crippen LogP contribution is 2.27. The molecule has 2 rings (SSSR count). The van der Waals surface area contributed by atoms with Crippen LogP contribution in [0.3, 0.4) is 0 Å². The van der Waals surface area contributed by atoms with E-state index in [-0.39, 0.29) is 11.8 Å². The second-order valence-electron chi connectivity index (χ2n) is 9.33. The summed E-state index contributed by atoms with van der Waals surface area (Å²) in [5, 5.41) is 6.00. The van der Waals surface area contributed by atoms with E-state index in [9.17, 15) is 9.59 Å². The quantitative estimate of drug-likeness (QED) is 0.150. The predicted molar refractivity (Wildman–Crippen MR) is 161 cm³/mol. The van der Waals surface area contributed by atoms with Gasteiger partial charge in [0.1, 0.15) is 11.5 Å². The second-order valence-corrected chi connectivity index (χ2v) is 11.0.